The fourth-order valence-corrected chi connectivity index (χ4v) is 5.19. The number of rotatable bonds is 8. The first-order valence-corrected chi connectivity index (χ1v) is 12.5. The Kier molecular flexibility index (Phi) is 8.14. The highest BCUT2D eigenvalue weighted by atomic mass is 79.9. The Morgan fingerprint density at radius 1 is 1.09 bits per heavy atom. The standard InChI is InChI=1S/C25H22Br2N4O4/c26-22-13-18(14-23(27)24(22)35-16-17-4-3-5-21(12-17)31(33)34)15-28-29-25(32)19-6-8-20(9-7-19)30-10-1-2-11-30/h3-9,12-15H,1-2,10-11,16H2,(H,29,32)/b28-15-. The van der Waals surface area contributed by atoms with Gasteiger partial charge in [-0.1, -0.05) is 12.1 Å². The van der Waals surface area contributed by atoms with Crippen LogP contribution in [0.1, 0.15) is 34.3 Å². The van der Waals surface area contributed by atoms with Crippen LogP contribution in [0.5, 0.6) is 5.75 Å². The van der Waals surface area contributed by atoms with Crippen molar-refractivity contribution in [2.24, 2.45) is 5.10 Å². The average molecular weight is 602 g/mol. The van der Waals surface area contributed by atoms with Gasteiger partial charge in [-0.3, -0.25) is 14.9 Å². The van der Waals surface area contributed by atoms with Crippen molar-refractivity contribution in [2.75, 3.05) is 18.0 Å². The van der Waals surface area contributed by atoms with Gasteiger partial charge in [-0.15, -0.1) is 0 Å². The molecule has 1 saturated heterocycles. The summed E-state index contributed by atoms with van der Waals surface area (Å²) in [4.78, 5) is 25.3. The summed E-state index contributed by atoms with van der Waals surface area (Å²) in [5.41, 5.74) is 5.65. The Balaban J connectivity index is 1.35. The molecule has 0 radical (unpaired) electrons. The zero-order chi connectivity index (χ0) is 24.8. The van der Waals surface area contributed by atoms with Gasteiger partial charge in [-0.05, 0) is 92.2 Å². The lowest BCUT2D eigenvalue weighted by Gasteiger charge is -2.17. The first-order valence-electron chi connectivity index (χ1n) is 10.9. The van der Waals surface area contributed by atoms with E-state index in [-0.39, 0.29) is 18.2 Å². The van der Waals surface area contributed by atoms with Crippen LogP contribution in [0.15, 0.2) is 74.7 Å². The number of benzene rings is 3. The normalized spacial score (nSPS) is 13.3. The number of nitrogens with one attached hydrogen (secondary N) is 1. The van der Waals surface area contributed by atoms with Gasteiger partial charge in [0.1, 0.15) is 12.4 Å². The topological polar surface area (TPSA) is 97.1 Å². The number of non-ortho nitro benzene ring substituents is 1. The molecule has 0 unspecified atom stereocenters. The van der Waals surface area contributed by atoms with E-state index in [9.17, 15) is 14.9 Å². The molecule has 10 heteroatoms. The van der Waals surface area contributed by atoms with E-state index in [0.29, 0.717) is 25.8 Å². The summed E-state index contributed by atoms with van der Waals surface area (Å²) in [6.45, 7) is 2.28. The molecule has 1 heterocycles. The van der Waals surface area contributed by atoms with Crippen LogP contribution in [0.25, 0.3) is 0 Å². The third-order valence-corrected chi connectivity index (χ3v) is 6.68. The van der Waals surface area contributed by atoms with Gasteiger partial charge in [-0.25, -0.2) is 5.43 Å². The number of nitrogens with zero attached hydrogens (tertiary/aromatic N) is 3. The molecule has 35 heavy (non-hydrogen) atoms. The van der Waals surface area contributed by atoms with Gasteiger partial charge in [0.25, 0.3) is 11.6 Å². The molecule has 3 aromatic rings. The highest BCUT2D eigenvalue weighted by Gasteiger charge is 2.13. The molecule has 3 aromatic carbocycles. The van der Waals surface area contributed by atoms with Crippen molar-refractivity contribution in [3.05, 3.63) is 96.4 Å². The third kappa shape index (κ3) is 6.46. The molecule has 8 nitrogen and oxygen atoms in total. The van der Waals surface area contributed by atoms with Crippen molar-refractivity contribution in [2.45, 2.75) is 19.4 Å². The van der Waals surface area contributed by atoms with E-state index in [0.717, 1.165) is 24.3 Å². The summed E-state index contributed by atoms with van der Waals surface area (Å²) in [5.74, 6) is 0.264. The number of carbonyl (C=O) groups is 1. The molecule has 0 atom stereocenters. The number of carbonyl (C=O) groups excluding carboxylic acids is 1. The molecule has 4 rings (SSSR count). The van der Waals surface area contributed by atoms with E-state index in [2.05, 4.69) is 47.3 Å². The van der Waals surface area contributed by atoms with Gasteiger partial charge in [0.15, 0.2) is 0 Å². The lowest BCUT2D eigenvalue weighted by molar-refractivity contribution is -0.384. The molecule has 1 aliphatic rings. The second kappa shape index (κ2) is 11.5. The molecule has 0 aliphatic carbocycles. The van der Waals surface area contributed by atoms with Gasteiger partial charge in [0.05, 0.1) is 20.1 Å². The van der Waals surface area contributed by atoms with E-state index in [1.54, 1.807) is 36.4 Å². The predicted octanol–water partition coefficient (Wildman–Crippen LogP) is 6.06. The minimum absolute atomic E-state index is 0.0142. The van der Waals surface area contributed by atoms with Crippen LogP contribution >= 0.6 is 31.9 Å². The third-order valence-electron chi connectivity index (χ3n) is 5.51. The molecular weight excluding hydrogens is 580 g/mol. The summed E-state index contributed by atoms with van der Waals surface area (Å²) < 4.78 is 7.19. The Bertz CT molecular complexity index is 1240. The van der Waals surface area contributed by atoms with E-state index >= 15 is 0 Å². The van der Waals surface area contributed by atoms with Gasteiger partial charge >= 0.3 is 0 Å². The molecule has 0 bridgehead atoms. The Morgan fingerprint density at radius 3 is 2.43 bits per heavy atom. The molecule has 0 aromatic heterocycles. The minimum atomic E-state index is -0.439. The SMILES string of the molecule is O=C(N/N=C\c1cc(Br)c(OCc2cccc([N+](=O)[O-])c2)c(Br)c1)c1ccc(N2CCCC2)cc1. The molecular formula is C25H22Br2N4O4. The highest BCUT2D eigenvalue weighted by molar-refractivity contribution is 9.11. The van der Waals surface area contributed by atoms with Crippen molar-refractivity contribution in [3.63, 3.8) is 0 Å². The Hall–Kier alpha value is -3.24. The summed E-state index contributed by atoms with van der Waals surface area (Å²) in [6.07, 6.45) is 3.94. The number of amides is 1. The zero-order valence-electron chi connectivity index (χ0n) is 18.6. The average Bonchev–Trinajstić information content (AvgIpc) is 3.39. The molecule has 1 N–H and O–H groups in total. The quantitative estimate of drug-likeness (QED) is 0.192. The van der Waals surface area contributed by atoms with Gasteiger partial charge in [-0.2, -0.15) is 5.10 Å². The van der Waals surface area contributed by atoms with Crippen LogP contribution in [-0.4, -0.2) is 30.1 Å². The highest BCUT2D eigenvalue weighted by Crippen LogP contribution is 2.35. The lowest BCUT2D eigenvalue weighted by atomic mass is 10.2. The lowest BCUT2D eigenvalue weighted by Crippen LogP contribution is -2.19. The van der Waals surface area contributed by atoms with Gasteiger partial charge < -0.3 is 9.64 Å². The molecule has 180 valence electrons. The first kappa shape index (κ1) is 24.9. The fraction of sp³-hybridized carbons (Fsp3) is 0.200. The molecule has 1 amide bonds. The van der Waals surface area contributed by atoms with Crippen LogP contribution < -0.4 is 15.1 Å². The number of hydrazone groups is 1. The largest absolute Gasteiger partial charge is 0.487 e. The summed E-state index contributed by atoms with van der Waals surface area (Å²) in [7, 11) is 0. The maximum absolute atomic E-state index is 12.4. The number of hydrogen-bond acceptors (Lipinski definition) is 6. The van der Waals surface area contributed by atoms with E-state index in [1.807, 2.05) is 12.1 Å². The number of nitro benzene ring substituents is 1. The van der Waals surface area contributed by atoms with E-state index < -0.39 is 4.92 Å². The number of ether oxygens (including phenoxy) is 1. The predicted molar refractivity (Wildman–Crippen MR) is 142 cm³/mol. The first-order chi connectivity index (χ1) is 16.9. The Morgan fingerprint density at radius 2 is 1.77 bits per heavy atom. The van der Waals surface area contributed by atoms with Crippen LogP contribution in [0.2, 0.25) is 0 Å². The molecule has 0 spiro atoms. The number of anilines is 1. The van der Waals surface area contributed by atoms with Crippen LogP contribution in [0, 0.1) is 10.1 Å². The van der Waals surface area contributed by atoms with Crippen molar-refractivity contribution in [1.29, 1.82) is 0 Å². The maximum Gasteiger partial charge on any atom is 0.271 e. The zero-order valence-corrected chi connectivity index (χ0v) is 21.8. The Labute approximate surface area is 219 Å². The van der Waals surface area contributed by atoms with Crippen molar-refractivity contribution < 1.29 is 14.5 Å². The minimum Gasteiger partial charge on any atom is -0.487 e. The fourth-order valence-electron chi connectivity index (χ4n) is 3.74. The number of hydrogen-bond donors (Lipinski definition) is 1. The molecule has 1 fully saturated rings. The second-order valence-corrected chi connectivity index (χ2v) is 9.68. The van der Waals surface area contributed by atoms with Crippen molar-refractivity contribution in [1.82, 2.24) is 5.43 Å². The van der Waals surface area contributed by atoms with Crippen LogP contribution in [-0.2, 0) is 6.61 Å². The smallest absolute Gasteiger partial charge is 0.271 e. The van der Waals surface area contributed by atoms with Gasteiger partial charge in [0, 0.05) is 36.5 Å². The number of halogens is 2. The van der Waals surface area contributed by atoms with Gasteiger partial charge in [0.2, 0.25) is 0 Å². The number of nitro groups is 1. The molecule has 1 aliphatic heterocycles. The molecule has 0 saturated carbocycles. The van der Waals surface area contributed by atoms with E-state index in [1.165, 1.54) is 31.2 Å². The summed E-state index contributed by atoms with van der Waals surface area (Å²) in [6, 6.07) is 17.4. The monoisotopic (exact) mass is 600 g/mol. The van der Waals surface area contributed by atoms with E-state index in [4.69, 9.17) is 4.74 Å². The second-order valence-electron chi connectivity index (χ2n) is 7.97. The summed E-state index contributed by atoms with van der Waals surface area (Å²) in [5, 5.41) is 15.0. The maximum atomic E-state index is 12.4. The van der Waals surface area contributed by atoms with Crippen molar-refractivity contribution >= 4 is 55.4 Å². The van der Waals surface area contributed by atoms with Crippen molar-refractivity contribution in [3.8, 4) is 5.75 Å². The summed E-state index contributed by atoms with van der Waals surface area (Å²) >= 11 is 6.97. The van der Waals surface area contributed by atoms with Crippen LogP contribution in [0.3, 0.4) is 0 Å². The van der Waals surface area contributed by atoms with Crippen LogP contribution in [0.4, 0.5) is 11.4 Å².